The second-order valence-electron chi connectivity index (χ2n) is 6.51. The van der Waals surface area contributed by atoms with Crippen molar-refractivity contribution in [2.24, 2.45) is 10.4 Å². The van der Waals surface area contributed by atoms with E-state index in [9.17, 15) is 8.78 Å². The summed E-state index contributed by atoms with van der Waals surface area (Å²) in [6, 6.07) is 5.15. The molecule has 2 N–H and O–H groups in total. The van der Waals surface area contributed by atoms with Crippen LogP contribution in [-0.4, -0.2) is 39.9 Å². The van der Waals surface area contributed by atoms with Crippen LogP contribution in [0.15, 0.2) is 23.2 Å². The summed E-state index contributed by atoms with van der Waals surface area (Å²) in [7, 11) is 3.40. The fourth-order valence-electron chi connectivity index (χ4n) is 2.74. The van der Waals surface area contributed by atoms with Crippen molar-refractivity contribution in [2.45, 2.75) is 39.3 Å². The van der Waals surface area contributed by atoms with E-state index in [1.165, 1.54) is 12.8 Å². The molecule has 0 bridgehead atoms. The molecule has 0 aromatic heterocycles. The third kappa shape index (κ3) is 7.22. The van der Waals surface area contributed by atoms with Gasteiger partial charge in [0.05, 0.1) is 0 Å². The number of nitrogens with zero attached hydrogens (tertiary/aromatic N) is 1. The lowest BCUT2D eigenvalue weighted by molar-refractivity contribution is -0.0504. The summed E-state index contributed by atoms with van der Waals surface area (Å²) in [5.41, 5.74) is 1.95. The van der Waals surface area contributed by atoms with E-state index in [1.807, 2.05) is 13.0 Å². The van der Waals surface area contributed by atoms with Crippen LogP contribution in [0.3, 0.4) is 0 Å². The van der Waals surface area contributed by atoms with E-state index in [-0.39, 0.29) is 29.7 Å². The maximum Gasteiger partial charge on any atom is 0.387 e. The molecule has 26 heavy (non-hydrogen) atoms. The molecule has 1 aromatic carbocycles. The average molecular weight is 483 g/mol. The molecule has 1 saturated carbocycles. The largest absolute Gasteiger partial charge is 0.434 e. The number of nitrogens with one attached hydrogen (secondary N) is 2. The van der Waals surface area contributed by atoms with Gasteiger partial charge in [-0.05, 0) is 37.7 Å². The molecule has 0 radical (unpaired) electrons. The number of benzene rings is 1. The number of hydrogen-bond donors (Lipinski definition) is 2. The minimum absolute atomic E-state index is 0. The molecule has 1 aliphatic rings. The number of guanidine groups is 1. The molecular weight excluding hydrogens is 455 g/mol. The topological polar surface area (TPSA) is 54.9 Å². The molecule has 1 aliphatic carbocycles. The molecule has 1 aromatic rings. The summed E-state index contributed by atoms with van der Waals surface area (Å²) in [5.74, 6) is 0.829. The second-order valence-corrected chi connectivity index (χ2v) is 6.51. The molecule has 0 unspecified atom stereocenters. The third-order valence-corrected chi connectivity index (χ3v) is 4.53. The molecule has 2 rings (SSSR count). The summed E-state index contributed by atoms with van der Waals surface area (Å²) < 4.78 is 34.8. The van der Waals surface area contributed by atoms with Crippen LogP contribution in [0.4, 0.5) is 8.78 Å². The third-order valence-electron chi connectivity index (χ3n) is 4.53. The summed E-state index contributed by atoms with van der Waals surface area (Å²) in [6.45, 7) is 1.01. The molecule has 0 saturated heterocycles. The number of aryl methyl sites for hydroxylation is 1. The van der Waals surface area contributed by atoms with Crippen molar-refractivity contribution in [3.05, 3.63) is 29.3 Å². The highest BCUT2D eigenvalue weighted by molar-refractivity contribution is 14.0. The SMILES string of the molecule is CN=C(NCc1cc(C)ccc1OC(F)F)NCC1(CCOC)CC1.I. The van der Waals surface area contributed by atoms with Crippen molar-refractivity contribution in [1.29, 1.82) is 0 Å². The Labute approximate surface area is 171 Å². The Kier molecular flexibility index (Phi) is 9.56. The standard InChI is InChI=1S/C18H27F2N3O2.HI/c1-13-4-5-15(25-16(19)20)14(10-13)11-22-17(21-2)23-12-18(6-7-18)8-9-24-3;/h4-5,10,16H,6-9,11-12H2,1-3H3,(H2,21,22,23);1H. The Hall–Kier alpha value is -1.16. The Balaban J connectivity index is 0.00000338. The van der Waals surface area contributed by atoms with Gasteiger partial charge >= 0.3 is 6.61 Å². The molecular formula is C18H28F2IN3O2. The minimum atomic E-state index is -2.84. The number of hydrogen-bond acceptors (Lipinski definition) is 3. The zero-order valence-electron chi connectivity index (χ0n) is 15.5. The van der Waals surface area contributed by atoms with Gasteiger partial charge in [0.25, 0.3) is 0 Å². The lowest BCUT2D eigenvalue weighted by Gasteiger charge is -2.19. The summed E-state index contributed by atoms with van der Waals surface area (Å²) in [6.07, 6.45) is 3.40. The lowest BCUT2D eigenvalue weighted by atomic mass is 10.0. The van der Waals surface area contributed by atoms with E-state index in [2.05, 4.69) is 20.4 Å². The van der Waals surface area contributed by atoms with Gasteiger partial charge in [0, 0.05) is 39.4 Å². The van der Waals surface area contributed by atoms with Crippen molar-refractivity contribution in [3.8, 4) is 5.75 Å². The fraction of sp³-hybridized carbons (Fsp3) is 0.611. The molecule has 0 amide bonds. The van der Waals surface area contributed by atoms with Crippen molar-refractivity contribution in [3.63, 3.8) is 0 Å². The van der Waals surface area contributed by atoms with Crippen LogP contribution < -0.4 is 15.4 Å². The second kappa shape index (κ2) is 10.9. The van der Waals surface area contributed by atoms with E-state index in [0.29, 0.717) is 23.5 Å². The lowest BCUT2D eigenvalue weighted by Crippen LogP contribution is -2.40. The van der Waals surface area contributed by atoms with Crippen LogP contribution in [0.1, 0.15) is 30.4 Å². The first kappa shape index (κ1) is 22.9. The number of methoxy groups -OCH3 is 1. The van der Waals surface area contributed by atoms with Crippen molar-refractivity contribution < 1.29 is 18.3 Å². The molecule has 0 spiro atoms. The van der Waals surface area contributed by atoms with Crippen LogP contribution >= 0.6 is 24.0 Å². The highest BCUT2D eigenvalue weighted by Crippen LogP contribution is 2.48. The Bertz CT molecular complexity index is 596. The van der Waals surface area contributed by atoms with Crippen LogP contribution in [0.25, 0.3) is 0 Å². The molecule has 0 heterocycles. The first-order valence-corrected chi connectivity index (χ1v) is 8.46. The average Bonchev–Trinajstić information content (AvgIpc) is 3.35. The molecule has 1 fully saturated rings. The van der Waals surface area contributed by atoms with Crippen molar-refractivity contribution >= 4 is 29.9 Å². The predicted octanol–water partition coefficient (Wildman–Crippen LogP) is 3.70. The predicted molar refractivity (Wildman–Crippen MR) is 110 cm³/mol. The number of rotatable bonds is 9. The van der Waals surface area contributed by atoms with Crippen LogP contribution in [0.2, 0.25) is 0 Å². The molecule has 148 valence electrons. The maximum atomic E-state index is 12.5. The number of aliphatic imine (C=N–C) groups is 1. The quantitative estimate of drug-likeness (QED) is 0.320. The zero-order valence-corrected chi connectivity index (χ0v) is 17.8. The van der Waals surface area contributed by atoms with E-state index < -0.39 is 6.61 Å². The highest BCUT2D eigenvalue weighted by Gasteiger charge is 2.41. The summed E-state index contributed by atoms with van der Waals surface area (Å²) in [5, 5.41) is 6.49. The number of ether oxygens (including phenoxy) is 2. The van der Waals surface area contributed by atoms with E-state index >= 15 is 0 Å². The van der Waals surface area contributed by atoms with Gasteiger partial charge in [-0.25, -0.2) is 0 Å². The van der Waals surface area contributed by atoms with Crippen LogP contribution in [-0.2, 0) is 11.3 Å². The minimum Gasteiger partial charge on any atom is -0.434 e. The Morgan fingerprint density at radius 2 is 2.04 bits per heavy atom. The van der Waals surface area contributed by atoms with Gasteiger partial charge in [0.2, 0.25) is 0 Å². The number of alkyl halides is 2. The van der Waals surface area contributed by atoms with Gasteiger partial charge in [-0.2, -0.15) is 8.78 Å². The Morgan fingerprint density at radius 3 is 2.62 bits per heavy atom. The smallest absolute Gasteiger partial charge is 0.387 e. The van der Waals surface area contributed by atoms with Crippen molar-refractivity contribution in [2.75, 3.05) is 27.3 Å². The van der Waals surface area contributed by atoms with Gasteiger partial charge in [-0.3, -0.25) is 4.99 Å². The van der Waals surface area contributed by atoms with Crippen LogP contribution in [0, 0.1) is 12.3 Å². The molecule has 0 aliphatic heterocycles. The first-order valence-electron chi connectivity index (χ1n) is 8.46. The molecule has 0 atom stereocenters. The number of halogens is 3. The molecule has 8 heteroatoms. The fourth-order valence-corrected chi connectivity index (χ4v) is 2.74. The van der Waals surface area contributed by atoms with Gasteiger partial charge < -0.3 is 20.1 Å². The van der Waals surface area contributed by atoms with Gasteiger partial charge in [-0.1, -0.05) is 17.7 Å². The van der Waals surface area contributed by atoms with Crippen LogP contribution in [0.5, 0.6) is 5.75 Å². The van der Waals surface area contributed by atoms with Gasteiger partial charge in [0.1, 0.15) is 5.75 Å². The van der Waals surface area contributed by atoms with Crippen molar-refractivity contribution in [1.82, 2.24) is 10.6 Å². The first-order chi connectivity index (χ1) is 12.0. The monoisotopic (exact) mass is 483 g/mol. The Morgan fingerprint density at radius 1 is 1.31 bits per heavy atom. The normalized spacial score (nSPS) is 15.4. The van der Waals surface area contributed by atoms with E-state index in [4.69, 9.17) is 4.74 Å². The van der Waals surface area contributed by atoms with Gasteiger partial charge in [-0.15, -0.1) is 24.0 Å². The summed E-state index contributed by atoms with van der Waals surface area (Å²) in [4.78, 5) is 4.20. The maximum absolute atomic E-state index is 12.5. The molecule has 5 nitrogen and oxygen atoms in total. The summed E-state index contributed by atoms with van der Waals surface area (Å²) >= 11 is 0. The zero-order chi connectivity index (χ0) is 18.3. The highest BCUT2D eigenvalue weighted by atomic mass is 127. The van der Waals surface area contributed by atoms with E-state index in [1.54, 1.807) is 26.3 Å². The van der Waals surface area contributed by atoms with E-state index in [0.717, 1.165) is 25.1 Å². The van der Waals surface area contributed by atoms with Gasteiger partial charge in [0.15, 0.2) is 5.96 Å².